The van der Waals surface area contributed by atoms with E-state index in [2.05, 4.69) is 4.74 Å². The predicted octanol–water partition coefficient (Wildman–Crippen LogP) is 1.04. The molecule has 66 valence electrons. The smallest absolute Gasteiger partial charge is 0.308 e. The van der Waals surface area contributed by atoms with Crippen LogP contribution in [0.2, 0.25) is 0 Å². The minimum atomic E-state index is -0.322. The van der Waals surface area contributed by atoms with Crippen LogP contribution in [0.15, 0.2) is 12.2 Å². The van der Waals surface area contributed by atoms with Gasteiger partial charge in [0.1, 0.15) is 0 Å². The second-order valence-electron chi connectivity index (χ2n) is 3.37. The van der Waals surface area contributed by atoms with Crippen molar-refractivity contribution in [2.24, 2.45) is 0 Å². The van der Waals surface area contributed by atoms with Crippen molar-refractivity contribution in [2.45, 2.75) is 31.0 Å². The number of hydrogen-bond acceptors (Lipinski definition) is 3. The maximum Gasteiger partial charge on any atom is 0.308 e. The van der Waals surface area contributed by atoms with Crippen LogP contribution >= 0.6 is 0 Å². The van der Waals surface area contributed by atoms with E-state index in [1.165, 1.54) is 7.11 Å². The van der Waals surface area contributed by atoms with Crippen LogP contribution in [0.4, 0.5) is 0 Å². The molecular formula is C9H12O3. The summed E-state index contributed by atoms with van der Waals surface area (Å²) in [6, 6.07) is 0. The highest BCUT2D eigenvalue weighted by Gasteiger charge is 2.43. The molecule has 0 saturated carbocycles. The number of esters is 1. The van der Waals surface area contributed by atoms with E-state index in [4.69, 9.17) is 4.74 Å². The molecule has 2 atom stereocenters. The lowest BCUT2D eigenvalue weighted by Crippen LogP contribution is -2.27. The van der Waals surface area contributed by atoms with Crippen molar-refractivity contribution in [3.05, 3.63) is 12.2 Å². The number of methoxy groups -OCH3 is 1. The van der Waals surface area contributed by atoms with Gasteiger partial charge in [0, 0.05) is 0 Å². The van der Waals surface area contributed by atoms with Gasteiger partial charge in [0.2, 0.25) is 0 Å². The average Bonchev–Trinajstić information content (AvgIpc) is 2.63. The van der Waals surface area contributed by atoms with Crippen LogP contribution in [-0.2, 0) is 14.3 Å². The van der Waals surface area contributed by atoms with E-state index >= 15 is 0 Å². The standard InChI is InChI=1S/C9H12O3/c1-11-8(10)6-9-4-2-7(12-9)3-5-9/h2,4,7H,3,5-6H2,1H3. The number of rotatable bonds is 2. The Morgan fingerprint density at radius 3 is 3.08 bits per heavy atom. The summed E-state index contributed by atoms with van der Waals surface area (Å²) in [7, 11) is 1.41. The van der Waals surface area contributed by atoms with Gasteiger partial charge in [0.25, 0.3) is 0 Å². The maximum atomic E-state index is 11.0. The number of fused-ring (bicyclic) bond motifs is 2. The van der Waals surface area contributed by atoms with Crippen molar-refractivity contribution < 1.29 is 14.3 Å². The molecule has 0 aliphatic carbocycles. The van der Waals surface area contributed by atoms with Gasteiger partial charge in [-0.1, -0.05) is 12.2 Å². The second kappa shape index (κ2) is 2.59. The quantitative estimate of drug-likeness (QED) is 0.456. The van der Waals surface area contributed by atoms with Crippen molar-refractivity contribution in [3.8, 4) is 0 Å². The van der Waals surface area contributed by atoms with Crippen molar-refractivity contribution in [3.63, 3.8) is 0 Å². The van der Waals surface area contributed by atoms with Crippen LogP contribution in [0.5, 0.6) is 0 Å². The third-order valence-corrected chi connectivity index (χ3v) is 2.52. The molecule has 12 heavy (non-hydrogen) atoms. The summed E-state index contributed by atoms with van der Waals surface area (Å²) in [4.78, 5) is 11.0. The molecule has 3 heteroatoms. The van der Waals surface area contributed by atoms with E-state index in [-0.39, 0.29) is 17.7 Å². The van der Waals surface area contributed by atoms with E-state index < -0.39 is 0 Å². The molecule has 2 rings (SSSR count). The van der Waals surface area contributed by atoms with E-state index in [1.807, 2.05) is 12.2 Å². The molecule has 0 spiro atoms. The van der Waals surface area contributed by atoms with Gasteiger partial charge in [-0.3, -0.25) is 4.79 Å². The van der Waals surface area contributed by atoms with E-state index in [0.29, 0.717) is 6.42 Å². The third-order valence-electron chi connectivity index (χ3n) is 2.52. The topological polar surface area (TPSA) is 35.5 Å². The lowest BCUT2D eigenvalue weighted by atomic mass is 9.92. The minimum absolute atomic E-state index is 0.192. The van der Waals surface area contributed by atoms with E-state index in [1.54, 1.807) is 0 Å². The van der Waals surface area contributed by atoms with Gasteiger partial charge in [-0.15, -0.1) is 0 Å². The van der Waals surface area contributed by atoms with Gasteiger partial charge in [0.15, 0.2) is 0 Å². The first-order valence-corrected chi connectivity index (χ1v) is 4.18. The highest BCUT2D eigenvalue weighted by molar-refractivity contribution is 5.71. The van der Waals surface area contributed by atoms with E-state index in [9.17, 15) is 4.79 Å². The van der Waals surface area contributed by atoms with Gasteiger partial charge in [0.05, 0.1) is 25.2 Å². The summed E-state index contributed by atoms with van der Waals surface area (Å²) in [5.74, 6) is -0.192. The molecular weight excluding hydrogens is 156 g/mol. The zero-order valence-electron chi connectivity index (χ0n) is 7.08. The van der Waals surface area contributed by atoms with Crippen molar-refractivity contribution in [2.75, 3.05) is 7.11 Å². The SMILES string of the molecule is COC(=O)CC12C=CC(CC1)O2. The van der Waals surface area contributed by atoms with Crippen LogP contribution in [-0.4, -0.2) is 24.8 Å². The Morgan fingerprint density at radius 1 is 1.83 bits per heavy atom. The maximum absolute atomic E-state index is 11.0. The summed E-state index contributed by atoms with van der Waals surface area (Å²) < 4.78 is 10.2. The molecule has 0 aromatic heterocycles. The van der Waals surface area contributed by atoms with Gasteiger partial charge in [-0.2, -0.15) is 0 Å². The summed E-state index contributed by atoms with van der Waals surface area (Å²) in [6.07, 6.45) is 6.62. The summed E-state index contributed by atoms with van der Waals surface area (Å²) in [5, 5.41) is 0. The average molecular weight is 168 g/mol. The number of carbonyl (C=O) groups excluding carboxylic acids is 1. The first-order valence-electron chi connectivity index (χ1n) is 4.18. The fraction of sp³-hybridized carbons (Fsp3) is 0.667. The number of ether oxygens (including phenoxy) is 2. The normalized spacial score (nSPS) is 37.2. The molecule has 0 amide bonds. The van der Waals surface area contributed by atoms with Gasteiger partial charge >= 0.3 is 5.97 Å². The Kier molecular flexibility index (Phi) is 1.68. The van der Waals surface area contributed by atoms with Gasteiger partial charge in [-0.05, 0) is 12.8 Å². The van der Waals surface area contributed by atoms with Crippen LogP contribution in [0.3, 0.4) is 0 Å². The van der Waals surface area contributed by atoms with Crippen LogP contribution in [0, 0.1) is 0 Å². The molecule has 0 N–H and O–H groups in total. The lowest BCUT2D eigenvalue weighted by molar-refractivity contribution is -0.145. The Balaban J connectivity index is 2.03. The summed E-state index contributed by atoms with van der Waals surface area (Å²) in [6.45, 7) is 0. The highest BCUT2D eigenvalue weighted by atomic mass is 16.5. The van der Waals surface area contributed by atoms with Crippen molar-refractivity contribution in [1.82, 2.24) is 0 Å². The Morgan fingerprint density at radius 2 is 2.67 bits per heavy atom. The lowest BCUT2D eigenvalue weighted by Gasteiger charge is -2.20. The van der Waals surface area contributed by atoms with Gasteiger partial charge in [-0.25, -0.2) is 0 Å². The van der Waals surface area contributed by atoms with E-state index in [0.717, 1.165) is 12.8 Å². The van der Waals surface area contributed by atoms with Gasteiger partial charge < -0.3 is 9.47 Å². The largest absolute Gasteiger partial charge is 0.469 e. The fourth-order valence-corrected chi connectivity index (χ4v) is 1.85. The van der Waals surface area contributed by atoms with Crippen LogP contribution in [0.25, 0.3) is 0 Å². The zero-order valence-corrected chi connectivity index (χ0v) is 7.08. The van der Waals surface area contributed by atoms with Crippen LogP contribution < -0.4 is 0 Å². The molecule has 1 saturated heterocycles. The molecule has 3 nitrogen and oxygen atoms in total. The number of carbonyl (C=O) groups is 1. The predicted molar refractivity (Wildman–Crippen MR) is 42.6 cm³/mol. The summed E-state index contributed by atoms with van der Waals surface area (Å²) >= 11 is 0. The molecule has 2 aliphatic heterocycles. The third kappa shape index (κ3) is 1.14. The van der Waals surface area contributed by atoms with Crippen molar-refractivity contribution in [1.29, 1.82) is 0 Å². The molecule has 0 aromatic rings. The zero-order chi connectivity index (χ0) is 8.60. The van der Waals surface area contributed by atoms with Crippen molar-refractivity contribution >= 4 is 5.97 Å². The summed E-state index contributed by atoms with van der Waals surface area (Å²) in [5.41, 5.74) is -0.322. The molecule has 0 aromatic carbocycles. The molecule has 2 heterocycles. The molecule has 2 bridgehead atoms. The molecule has 1 fully saturated rings. The first-order chi connectivity index (χ1) is 5.74. The second-order valence-corrected chi connectivity index (χ2v) is 3.37. The Hall–Kier alpha value is -0.830. The monoisotopic (exact) mass is 168 g/mol. The molecule has 2 aliphatic rings. The number of hydrogen-bond donors (Lipinski definition) is 0. The molecule has 2 unspecified atom stereocenters. The highest BCUT2D eigenvalue weighted by Crippen LogP contribution is 2.40. The molecule has 0 radical (unpaired) electrons. The Bertz CT molecular complexity index is 234. The minimum Gasteiger partial charge on any atom is -0.469 e. The first kappa shape index (κ1) is 7.80. The Labute approximate surface area is 71.3 Å². The van der Waals surface area contributed by atoms with Crippen LogP contribution in [0.1, 0.15) is 19.3 Å². The fourth-order valence-electron chi connectivity index (χ4n) is 1.85.